The Balaban J connectivity index is 1.77. The van der Waals surface area contributed by atoms with Crippen LogP contribution in [0.5, 0.6) is 0 Å². The number of aromatic nitrogens is 2. The molecule has 1 aromatic rings. The molecule has 0 aliphatic carbocycles. The lowest BCUT2D eigenvalue weighted by atomic mass is 9.74. The number of hydrogen-bond donors (Lipinski definition) is 0. The van der Waals surface area contributed by atoms with Crippen molar-refractivity contribution in [3.05, 3.63) is 18.0 Å². The maximum atomic E-state index is 5.51. The second-order valence-electron chi connectivity index (χ2n) is 5.64. The summed E-state index contributed by atoms with van der Waals surface area (Å²) in [6, 6.07) is 1.96. The maximum absolute atomic E-state index is 5.51. The average molecular weight is 247 g/mol. The van der Waals surface area contributed by atoms with Gasteiger partial charge in [0.05, 0.1) is 0 Å². The van der Waals surface area contributed by atoms with Crippen molar-refractivity contribution in [2.24, 2.45) is 5.41 Å². The van der Waals surface area contributed by atoms with Crippen molar-refractivity contribution in [2.45, 2.75) is 32.6 Å². The molecule has 4 heteroatoms. The van der Waals surface area contributed by atoms with Crippen LogP contribution in [0.4, 0.5) is 5.95 Å². The van der Waals surface area contributed by atoms with Gasteiger partial charge in [0.25, 0.3) is 0 Å². The van der Waals surface area contributed by atoms with Gasteiger partial charge >= 0.3 is 0 Å². The molecule has 1 spiro atoms. The van der Waals surface area contributed by atoms with Crippen LogP contribution in [0.2, 0.25) is 0 Å². The first-order valence-corrected chi connectivity index (χ1v) is 6.90. The first-order valence-electron chi connectivity index (χ1n) is 6.90. The molecule has 1 aromatic heterocycles. The fourth-order valence-electron chi connectivity index (χ4n) is 3.18. The monoisotopic (exact) mass is 247 g/mol. The van der Waals surface area contributed by atoms with E-state index < -0.39 is 0 Å². The highest BCUT2D eigenvalue weighted by Gasteiger charge is 2.37. The van der Waals surface area contributed by atoms with Gasteiger partial charge in [-0.1, -0.05) is 0 Å². The van der Waals surface area contributed by atoms with Crippen molar-refractivity contribution in [1.29, 1.82) is 0 Å². The Kier molecular flexibility index (Phi) is 3.20. The molecule has 0 radical (unpaired) electrons. The summed E-state index contributed by atoms with van der Waals surface area (Å²) in [6.07, 6.45) is 6.82. The van der Waals surface area contributed by atoms with Gasteiger partial charge in [-0.05, 0) is 44.1 Å². The van der Waals surface area contributed by atoms with Gasteiger partial charge < -0.3 is 9.64 Å². The number of rotatable bonds is 1. The summed E-state index contributed by atoms with van der Waals surface area (Å²) in [7, 11) is 0. The number of ether oxygens (including phenoxy) is 1. The van der Waals surface area contributed by atoms with Crippen molar-refractivity contribution in [3.8, 4) is 0 Å². The normalized spacial score (nSPS) is 23.3. The third kappa shape index (κ3) is 2.34. The zero-order valence-corrected chi connectivity index (χ0v) is 11.1. The highest BCUT2D eigenvalue weighted by atomic mass is 16.5. The van der Waals surface area contributed by atoms with Gasteiger partial charge in [-0.3, -0.25) is 0 Å². The van der Waals surface area contributed by atoms with E-state index in [1.54, 1.807) is 0 Å². The topological polar surface area (TPSA) is 38.2 Å². The smallest absolute Gasteiger partial charge is 0.225 e. The molecule has 0 saturated carbocycles. The van der Waals surface area contributed by atoms with Crippen LogP contribution in [0, 0.1) is 12.3 Å². The van der Waals surface area contributed by atoms with Crippen LogP contribution in [0.25, 0.3) is 0 Å². The molecule has 3 rings (SSSR count). The van der Waals surface area contributed by atoms with E-state index in [2.05, 4.69) is 14.9 Å². The van der Waals surface area contributed by atoms with E-state index in [4.69, 9.17) is 4.74 Å². The molecule has 0 bridgehead atoms. The predicted molar refractivity (Wildman–Crippen MR) is 70.7 cm³/mol. The van der Waals surface area contributed by atoms with E-state index in [-0.39, 0.29) is 0 Å². The van der Waals surface area contributed by atoms with Crippen LogP contribution in [-0.4, -0.2) is 36.3 Å². The zero-order valence-electron chi connectivity index (χ0n) is 11.1. The lowest BCUT2D eigenvalue weighted by molar-refractivity contribution is 0.00735. The number of anilines is 1. The fraction of sp³-hybridized carbons (Fsp3) is 0.714. The van der Waals surface area contributed by atoms with Gasteiger partial charge in [0.15, 0.2) is 0 Å². The van der Waals surface area contributed by atoms with Crippen molar-refractivity contribution in [3.63, 3.8) is 0 Å². The predicted octanol–water partition coefficient (Wildman–Crippen LogP) is 2.18. The number of nitrogens with zero attached hydrogens (tertiary/aromatic N) is 3. The Morgan fingerprint density at radius 1 is 1.28 bits per heavy atom. The Morgan fingerprint density at radius 3 is 2.89 bits per heavy atom. The van der Waals surface area contributed by atoms with Crippen molar-refractivity contribution in [1.82, 2.24) is 9.97 Å². The van der Waals surface area contributed by atoms with Gasteiger partial charge in [-0.2, -0.15) is 0 Å². The second kappa shape index (κ2) is 4.84. The highest BCUT2D eigenvalue weighted by Crippen LogP contribution is 2.39. The van der Waals surface area contributed by atoms with E-state index in [1.165, 1.54) is 25.7 Å². The van der Waals surface area contributed by atoms with Crippen molar-refractivity contribution >= 4 is 5.95 Å². The van der Waals surface area contributed by atoms with Gasteiger partial charge in [0, 0.05) is 38.2 Å². The molecule has 3 heterocycles. The Labute approximate surface area is 108 Å². The van der Waals surface area contributed by atoms with Crippen LogP contribution >= 0.6 is 0 Å². The Bertz CT molecular complexity index is 410. The molecule has 18 heavy (non-hydrogen) atoms. The van der Waals surface area contributed by atoms with Crippen molar-refractivity contribution in [2.75, 3.05) is 31.2 Å². The highest BCUT2D eigenvalue weighted by molar-refractivity contribution is 5.31. The van der Waals surface area contributed by atoms with Crippen LogP contribution < -0.4 is 4.90 Å². The number of hydrogen-bond acceptors (Lipinski definition) is 4. The first kappa shape index (κ1) is 11.9. The Hall–Kier alpha value is -1.16. The van der Waals surface area contributed by atoms with Crippen LogP contribution in [0.3, 0.4) is 0 Å². The zero-order chi connectivity index (χ0) is 12.4. The van der Waals surface area contributed by atoms with E-state index in [1.807, 2.05) is 19.2 Å². The molecule has 2 saturated heterocycles. The fourth-order valence-corrected chi connectivity index (χ4v) is 3.18. The summed E-state index contributed by atoms with van der Waals surface area (Å²) in [4.78, 5) is 11.3. The maximum Gasteiger partial charge on any atom is 0.225 e. The molecule has 2 aliphatic rings. The summed E-state index contributed by atoms with van der Waals surface area (Å²) < 4.78 is 5.51. The summed E-state index contributed by atoms with van der Waals surface area (Å²) in [6.45, 7) is 6.05. The van der Waals surface area contributed by atoms with Gasteiger partial charge in [0.2, 0.25) is 5.95 Å². The third-order valence-corrected chi connectivity index (χ3v) is 4.28. The van der Waals surface area contributed by atoms with Gasteiger partial charge in [-0.25, -0.2) is 9.97 Å². The van der Waals surface area contributed by atoms with Crippen LogP contribution in [-0.2, 0) is 4.74 Å². The van der Waals surface area contributed by atoms with Crippen molar-refractivity contribution < 1.29 is 4.74 Å². The van der Waals surface area contributed by atoms with Gasteiger partial charge in [-0.15, -0.1) is 0 Å². The molecule has 0 N–H and O–H groups in total. The molecule has 2 fully saturated rings. The summed E-state index contributed by atoms with van der Waals surface area (Å²) >= 11 is 0. The lowest BCUT2D eigenvalue weighted by Gasteiger charge is -2.45. The average Bonchev–Trinajstić information content (AvgIpc) is 2.40. The quantitative estimate of drug-likeness (QED) is 0.762. The lowest BCUT2D eigenvalue weighted by Crippen LogP contribution is -2.46. The standard InChI is InChI=1S/C14H21N3O/c1-12-3-7-15-13(16-12)17-8-2-4-14(11-17)5-9-18-10-6-14/h3,7H,2,4-6,8-11H2,1H3. The number of piperidine rings is 1. The summed E-state index contributed by atoms with van der Waals surface area (Å²) in [5.74, 6) is 0.903. The molecule has 0 amide bonds. The van der Waals surface area contributed by atoms with E-state index in [9.17, 15) is 0 Å². The van der Waals surface area contributed by atoms with E-state index in [0.29, 0.717) is 5.41 Å². The van der Waals surface area contributed by atoms with E-state index >= 15 is 0 Å². The molecule has 98 valence electrons. The van der Waals surface area contributed by atoms with E-state index in [0.717, 1.165) is 37.9 Å². The van der Waals surface area contributed by atoms with Crippen LogP contribution in [0.15, 0.2) is 12.3 Å². The SMILES string of the molecule is Cc1ccnc(N2CCCC3(CCOCC3)C2)n1. The van der Waals surface area contributed by atoms with Gasteiger partial charge in [0.1, 0.15) is 0 Å². The Morgan fingerprint density at radius 2 is 2.11 bits per heavy atom. The largest absolute Gasteiger partial charge is 0.381 e. The minimum Gasteiger partial charge on any atom is -0.381 e. The molecule has 0 unspecified atom stereocenters. The molecule has 0 aromatic carbocycles. The molecule has 2 aliphatic heterocycles. The minimum atomic E-state index is 0.448. The second-order valence-corrected chi connectivity index (χ2v) is 5.64. The molecular weight excluding hydrogens is 226 g/mol. The molecular formula is C14H21N3O. The third-order valence-electron chi connectivity index (χ3n) is 4.28. The number of aryl methyl sites for hydroxylation is 1. The molecule has 0 atom stereocenters. The first-order chi connectivity index (χ1) is 8.77. The molecule has 4 nitrogen and oxygen atoms in total. The summed E-state index contributed by atoms with van der Waals surface area (Å²) in [5, 5.41) is 0. The minimum absolute atomic E-state index is 0.448. The summed E-state index contributed by atoms with van der Waals surface area (Å²) in [5.41, 5.74) is 1.50. The van der Waals surface area contributed by atoms with Crippen LogP contribution in [0.1, 0.15) is 31.4 Å².